The molecular weight excluding hydrogens is 258 g/mol. The molecule has 0 aliphatic rings. The minimum absolute atomic E-state index is 0.0432. The van der Waals surface area contributed by atoms with Crippen LogP contribution in [0.2, 0.25) is 0 Å². The van der Waals surface area contributed by atoms with Gasteiger partial charge in [0.05, 0.1) is 5.69 Å². The van der Waals surface area contributed by atoms with E-state index in [4.69, 9.17) is 10.9 Å². The van der Waals surface area contributed by atoms with Crippen LogP contribution >= 0.6 is 11.8 Å². The number of anilines is 2. The van der Waals surface area contributed by atoms with Crippen molar-refractivity contribution in [2.24, 2.45) is 5.14 Å². The monoisotopic (exact) mass is 275 g/mol. The summed E-state index contributed by atoms with van der Waals surface area (Å²) < 4.78 is 22.7. The summed E-state index contributed by atoms with van der Waals surface area (Å²) in [5.41, 5.74) is 6.43. The Balaban J connectivity index is 2.84. The molecule has 0 aromatic heterocycles. The maximum Gasteiger partial charge on any atom is 0.240 e. The second-order valence-corrected chi connectivity index (χ2v) is 6.09. The van der Waals surface area contributed by atoms with Crippen LogP contribution in [-0.4, -0.2) is 27.0 Å². The first-order valence-electron chi connectivity index (χ1n) is 5.10. The Morgan fingerprint density at radius 2 is 2.12 bits per heavy atom. The van der Waals surface area contributed by atoms with Gasteiger partial charge in [-0.2, -0.15) is 11.8 Å². The number of sulfonamides is 1. The average Bonchev–Trinajstić information content (AvgIpc) is 2.25. The van der Waals surface area contributed by atoms with Crippen molar-refractivity contribution in [1.29, 1.82) is 0 Å². The molecule has 0 bridgehead atoms. The summed E-state index contributed by atoms with van der Waals surface area (Å²) in [7, 11) is -3.75. The molecule has 96 valence electrons. The van der Waals surface area contributed by atoms with E-state index >= 15 is 0 Å². The highest BCUT2D eigenvalue weighted by Crippen LogP contribution is 2.22. The predicted molar refractivity (Wildman–Crippen MR) is 73.7 cm³/mol. The van der Waals surface area contributed by atoms with E-state index < -0.39 is 10.0 Å². The van der Waals surface area contributed by atoms with Crippen LogP contribution in [-0.2, 0) is 10.0 Å². The molecule has 0 fully saturated rings. The zero-order valence-electron chi connectivity index (χ0n) is 9.64. The second kappa shape index (κ2) is 6.13. The van der Waals surface area contributed by atoms with Crippen LogP contribution in [0.1, 0.15) is 6.42 Å². The molecule has 0 aliphatic carbocycles. The first-order valence-corrected chi connectivity index (χ1v) is 8.04. The van der Waals surface area contributed by atoms with Gasteiger partial charge in [-0.05, 0) is 36.6 Å². The number of hydrogen-bond donors (Lipinski definition) is 3. The first kappa shape index (κ1) is 14.1. The van der Waals surface area contributed by atoms with Crippen LogP contribution in [0.3, 0.4) is 0 Å². The number of benzene rings is 1. The number of rotatable bonds is 6. The van der Waals surface area contributed by atoms with Crippen LogP contribution in [0.25, 0.3) is 0 Å². The quantitative estimate of drug-likeness (QED) is 0.533. The molecular formula is C10H17N3O2S2. The lowest BCUT2D eigenvalue weighted by Gasteiger charge is -2.11. The third kappa shape index (κ3) is 4.45. The van der Waals surface area contributed by atoms with Crippen LogP contribution < -0.4 is 16.2 Å². The molecule has 0 unspecified atom stereocenters. The van der Waals surface area contributed by atoms with Crippen LogP contribution in [0.15, 0.2) is 23.1 Å². The highest BCUT2D eigenvalue weighted by atomic mass is 32.2. The maximum absolute atomic E-state index is 11.4. The van der Waals surface area contributed by atoms with Gasteiger partial charge in [0.25, 0.3) is 0 Å². The van der Waals surface area contributed by atoms with E-state index in [1.165, 1.54) is 6.07 Å². The normalized spacial score (nSPS) is 11.4. The number of nitrogen functional groups attached to an aromatic ring is 1. The van der Waals surface area contributed by atoms with Gasteiger partial charge in [0.15, 0.2) is 0 Å². The second-order valence-electron chi connectivity index (χ2n) is 3.57. The van der Waals surface area contributed by atoms with Gasteiger partial charge in [0, 0.05) is 12.2 Å². The fraction of sp³-hybridized carbons (Fsp3) is 0.400. The third-order valence-corrected chi connectivity index (χ3v) is 3.80. The number of nitrogens with one attached hydrogen (secondary N) is 1. The van der Waals surface area contributed by atoms with E-state index in [-0.39, 0.29) is 4.90 Å². The molecule has 0 saturated heterocycles. The van der Waals surface area contributed by atoms with Gasteiger partial charge in [-0.15, -0.1) is 0 Å². The largest absolute Gasteiger partial charge is 0.399 e. The molecule has 5 N–H and O–H groups in total. The van der Waals surface area contributed by atoms with Crippen LogP contribution in [0.5, 0.6) is 0 Å². The summed E-state index contributed by atoms with van der Waals surface area (Å²) in [5, 5.41) is 8.18. The highest BCUT2D eigenvalue weighted by Gasteiger charge is 2.13. The molecule has 0 radical (unpaired) electrons. The summed E-state index contributed by atoms with van der Waals surface area (Å²) in [5.74, 6) is 1.02. The van der Waals surface area contributed by atoms with Crippen molar-refractivity contribution < 1.29 is 8.42 Å². The van der Waals surface area contributed by atoms with E-state index in [1.807, 2.05) is 6.26 Å². The third-order valence-electron chi connectivity index (χ3n) is 2.15. The Bertz CT molecular complexity index is 474. The number of hydrogen-bond acceptors (Lipinski definition) is 5. The molecule has 1 rings (SSSR count). The summed E-state index contributed by atoms with van der Waals surface area (Å²) in [6.07, 6.45) is 2.98. The Hall–Kier alpha value is -0.920. The molecule has 1 aromatic rings. The summed E-state index contributed by atoms with van der Waals surface area (Å²) in [6, 6.07) is 4.64. The lowest BCUT2D eigenvalue weighted by atomic mass is 10.3. The minimum atomic E-state index is -3.75. The standard InChI is InChI=1S/C10H17N3O2S2/c1-16-6-2-5-13-9-4-3-8(11)7-10(9)17(12,14)15/h3-4,7,13H,2,5-6,11H2,1H3,(H2,12,14,15). The molecule has 1 aromatic carbocycles. The van der Waals surface area contributed by atoms with E-state index in [2.05, 4.69) is 5.32 Å². The van der Waals surface area contributed by atoms with Gasteiger partial charge in [0.1, 0.15) is 4.90 Å². The van der Waals surface area contributed by atoms with Crippen molar-refractivity contribution in [3.05, 3.63) is 18.2 Å². The van der Waals surface area contributed by atoms with Crippen molar-refractivity contribution in [1.82, 2.24) is 0 Å². The van der Waals surface area contributed by atoms with E-state index in [0.717, 1.165) is 12.2 Å². The van der Waals surface area contributed by atoms with Gasteiger partial charge < -0.3 is 11.1 Å². The number of thioether (sulfide) groups is 1. The Morgan fingerprint density at radius 1 is 1.41 bits per heavy atom. The molecule has 0 spiro atoms. The van der Waals surface area contributed by atoms with Gasteiger partial charge in [-0.1, -0.05) is 0 Å². The van der Waals surface area contributed by atoms with Crippen molar-refractivity contribution in [3.63, 3.8) is 0 Å². The molecule has 0 amide bonds. The van der Waals surface area contributed by atoms with Gasteiger partial charge in [-0.25, -0.2) is 13.6 Å². The van der Waals surface area contributed by atoms with Gasteiger partial charge in [-0.3, -0.25) is 0 Å². The van der Waals surface area contributed by atoms with E-state index in [1.54, 1.807) is 23.9 Å². The fourth-order valence-electron chi connectivity index (χ4n) is 1.36. The molecule has 0 aliphatic heterocycles. The zero-order valence-corrected chi connectivity index (χ0v) is 11.3. The molecule has 0 atom stereocenters. The molecule has 17 heavy (non-hydrogen) atoms. The van der Waals surface area contributed by atoms with Crippen molar-refractivity contribution in [2.45, 2.75) is 11.3 Å². The molecule has 7 heteroatoms. The highest BCUT2D eigenvalue weighted by molar-refractivity contribution is 7.98. The number of nitrogens with two attached hydrogens (primary N) is 2. The minimum Gasteiger partial charge on any atom is -0.399 e. The Labute approximate surface area is 106 Å². The molecule has 0 heterocycles. The zero-order chi connectivity index (χ0) is 12.9. The van der Waals surface area contributed by atoms with Crippen LogP contribution in [0, 0.1) is 0 Å². The topological polar surface area (TPSA) is 98.2 Å². The first-order chi connectivity index (χ1) is 7.95. The summed E-state index contributed by atoms with van der Waals surface area (Å²) >= 11 is 1.75. The van der Waals surface area contributed by atoms with E-state index in [9.17, 15) is 8.42 Å². The lowest BCUT2D eigenvalue weighted by Crippen LogP contribution is -2.16. The van der Waals surface area contributed by atoms with Crippen molar-refractivity contribution in [3.8, 4) is 0 Å². The Kier molecular flexibility index (Phi) is 5.10. The summed E-state index contributed by atoms with van der Waals surface area (Å²) in [6.45, 7) is 0.702. The van der Waals surface area contributed by atoms with Crippen LogP contribution in [0.4, 0.5) is 11.4 Å². The maximum atomic E-state index is 11.4. The van der Waals surface area contributed by atoms with Crippen molar-refractivity contribution >= 4 is 33.2 Å². The SMILES string of the molecule is CSCCCNc1ccc(N)cc1S(N)(=O)=O. The fourth-order valence-corrected chi connectivity index (χ4v) is 2.54. The number of primary sulfonamides is 1. The average molecular weight is 275 g/mol. The van der Waals surface area contributed by atoms with E-state index in [0.29, 0.717) is 17.9 Å². The predicted octanol–water partition coefficient (Wildman–Crippen LogP) is 1.08. The van der Waals surface area contributed by atoms with Crippen molar-refractivity contribution in [2.75, 3.05) is 29.6 Å². The molecule has 5 nitrogen and oxygen atoms in total. The van der Waals surface area contributed by atoms with Gasteiger partial charge >= 0.3 is 0 Å². The Morgan fingerprint density at radius 3 is 2.71 bits per heavy atom. The lowest BCUT2D eigenvalue weighted by molar-refractivity contribution is 0.598. The molecule has 0 saturated carbocycles. The smallest absolute Gasteiger partial charge is 0.240 e. The summed E-state index contributed by atoms with van der Waals surface area (Å²) in [4.78, 5) is 0.0432. The van der Waals surface area contributed by atoms with Gasteiger partial charge in [0.2, 0.25) is 10.0 Å².